The van der Waals surface area contributed by atoms with Gasteiger partial charge in [-0.25, -0.2) is 9.18 Å². The SMILES string of the molecule is COc1ccc(OC)c(NC(=O)N2CCCC(C)(C(=O)NCc3ccc(F)cc3)C2)c1. The minimum absolute atomic E-state index is 0.131. The molecule has 0 radical (unpaired) electrons. The maximum atomic E-state index is 13.1. The van der Waals surface area contributed by atoms with Gasteiger partial charge < -0.3 is 25.0 Å². The molecule has 2 N–H and O–H groups in total. The van der Waals surface area contributed by atoms with Gasteiger partial charge in [0.15, 0.2) is 0 Å². The first-order chi connectivity index (χ1) is 14.8. The van der Waals surface area contributed by atoms with Crippen LogP contribution in [0.4, 0.5) is 14.9 Å². The van der Waals surface area contributed by atoms with Crippen molar-refractivity contribution in [3.63, 3.8) is 0 Å². The number of urea groups is 1. The van der Waals surface area contributed by atoms with Crippen LogP contribution in [0.15, 0.2) is 42.5 Å². The van der Waals surface area contributed by atoms with Crippen molar-refractivity contribution in [1.29, 1.82) is 0 Å². The number of piperidine rings is 1. The summed E-state index contributed by atoms with van der Waals surface area (Å²) in [6.45, 7) is 3.01. The highest BCUT2D eigenvalue weighted by molar-refractivity contribution is 5.92. The maximum Gasteiger partial charge on any atom is 0.321 e. The van der Waals surface area contributed by atoms with Crippen molar-refractivity contribution < 1.29 is 23.5 Å². The molecule has 31 heavy (non-hydrogen) atoms. The highest BCUT2D eigenvalue weighted by Crippen LogP contribution is 2.32. The second-order valence-corrected chi connectivity index (χ2v) is 7.89. The van der Waals surface area contributed by atoms with E-state index in [1.54, 1.807) is 42.3 Å². The summed E-state index contributed by atoms with van der Waals surface area (Å²) in [5, 5.41) is 5.78. The van der Waals surface area contributed by atoms with Gasteiger partial charge in [-0.15, -0.1) is 0 Å². The van der Waals surface area contributed by atoms with E-state index in [-0.39, 0.29) is 17.8 Å². The minimum atomic E-state index is -0.714. The van der Waals surface area contributed by atoms with Crippen LogP contribution in [0.3, 0.4) is 0 Å². The van der Waals surface area contributed by atoms with Gasteiger partial charge in [0.1, 0.15) is 17.3 Å². The zero-order valence-electron chi connectivity index (χ0n) is 18.0. The number of nitrogens with one attached hydrogen (secondary N) is 2. The number of carbonyl (C=O) groups is 2. The molecule has 0 bridgehead atoms. The first-order valence-electron chi connectivity index (χ1n) is 10.2. The third kappa shape index (κ3) is 5.45. The molecule has 166 valence electrons. The topological polar surface area (TPSA) is 79.9 Å². The third-order valence-corrected chi connectivity index (χ3v) is 5.55. The quantitative estimate of drug-likeness (QED) is 0.732. The molecule has 0 saturated carbocycles. The minimum Gasteiger partial charge on any atom is -0.497 e. The van der Waals surface area contributed by atoms with Crippen molar-refractivity contribution in [1.82, 2.24) is 10.2 Å². The molecule has 1 atom stereocenters. The van der Waals surface area contributed by atoms with E-state index in [9.17, 15) is 14.0 Å². The van der Waals surface area contributed by atoms with Gasteiger partial charge in [0.2, 0.25) is 5.91 Å². The average Bonchev–Trinajstić information content (AvgIpc) is 2.78. The van der Waals surface area contributed by atoms with E-state index in [4.69, 9.17) is 9.47 Å². The van der Waals surface area contributed by atoms with Crippen LogP contribution >= 0.6 is 0 Å². The molecule has 0 aliphatic carbocycles. The summed E-state index contributed by atoms with van der Waals surface area (Å²) < 4.78 is 23.6. The number of hydrogen-bond donors (Lipinski definition) is 2. The Morgan fingerprint density at radius 3 is 2.55 bits per heavy atom. The number of ether oxygens (including phenoxy) is 2. The van der Waals surface area contributed by atoms with Gasteiger partial charge in [-0.3, -0.25) is 4.79 Å². The Labute approximate surface area is 181 Å². The zero-order valence-corrected chi connectivity index (χ0v) is 18.0. The number of anilines is 1. The number of amides is 3. The first-order valence-corrected chi connectivity index (χ1v) is 10.2. The van der Waals surface area contributed by atoms with Crippen molar-refractivity contribution in [2.75, 3.05) is 32.6 Å². The van der Waals surface area contributed by atoms with Crippen LogP contribution in [0.2, 0.25) is 0 Å². The number of carbonyl (C=O) groups excluding carboxylic acids is 2. The molecular formula is C23H28FN3O4. The molecule has 2 aromatic carbocycles. The zero-order chi connectivity index (χ0) is 22.4. The van der Waals surface area contributed by atoms with Gasteiger partial charge in [0.05, 0.1) is 25.3 Å². The van der Waals surface area contributed by atoms with E-state index in [2.05, 4.69) is 10.6 Å². The number of nitrogens with zero attached hydrogens (tertiary/aromatic N) is 1. The normalized spacial score (nSPS) is 18.3. The number of likely N-dealkylation sites (tertiary alicyclic amines) is 1. The predicted octanol–water partition coefficient (Wildman–Crippen LogP) is 3.79. The summed E-state index contributed by atoms with van der Waals surface area (Å²) >= 11 is 0. The van der Waals surface area contributed by atoms with Crippen molar-refractivity contribution >= 4 is 17.6 Å². The van der Waals surface area contributed by atoms with Crippen molar-refractivity contribution in [3.05, 3.63) is 53.8 Å². The number of hydrogen-bond acceptors (Lipinski definition) is 4. The molecule has 1 heterocycles. The van der Waals surface area contributed by atoms with Crippen molar-refractivity contribution in [2.45, 2.75) is 26.3 Å². The largest absolute Gasteiger partial charge is 0.497 e. The third-order valence-electron chi connectivity index (χ3n) is 5.55. The molecule has 1 saturated heterocycles. The maximum absolute atomic E-state index is 13.1. The standard InChI is InChI=1S/C23H28FN3O4/c1-23(21(28)25-14-16-5-7-17(24)8-6-16)11-4-12-27(15-23)22(29)26-19-13-18(30-2)9-10-20(19)31-3/h5-10,13H,4,11-12,14-15H2,1-3H3,(H,25,28)(H,26,29). The lowest BCUT2D eigenvalue weighted by Gasteiger charge is -2.39. The van der Waals surface area contributed by atoms with E-state index in [1.807, 2.05) is 6.92 Å². The van der Waals surface area contributed by atoms with Crippen LogP contribution in [-0.2, 0) is 11.3 Å². The van der Waals surface area contributed by atoms with Gasteiger partial charge in [-0.1, -0.05) is 12.1 Å². The Morgan fingerprint density at radius 1 is 1.13 bits per heavy atom. The number of methoxy groups -OCH3 is 2. The molecule has 3 amide bonds. The fourth-order valence-electron chi connectivity index (χ4n) is 3.70. The molecule has 1 fully saturated rings. The number of halogens is 1. The van der Waals surface area contributed by atoms with Crippen LogP contribution in [0, 0.1) is 11.2 Å². The molecule has 1 unspecified atom stereocenters. The molecule has 1 aliphatic heterocycles. The smallest absolute Gasteiger partial charge is 0.321 e. The highest BCUT2D eigenvalue weighted by Gasteiger charge is 2.39. The molecule has 8 heteroatoms. The van der Waals surface area contributed by atoms with Gasteiger partial charge in [0.25, 0.3) is 0 Å². The van der Waals surface area contributed by atoms with E-state index in [1.165, 1.54) is 19.2 Å². The molecular weight excluding hydrogens is 401 g/mol. The number of benzene rings is 2. The summed E-state index contributed by atoms with van der Waals surface area (Å²) in [5.41, 5.74) is 0.599. The van der Waals surface area contributed by atoms with E-state index in [0.717, 1.165) is 5.56 Å². The van der Waals surface area contributed by atoms with E-state index in [0.29, 0.717) is 49.7 Å². The summed E-state index contributed by atoms with van der Waals surface area (Å²) in [6, 6.07) is 10.9. The molecule has 0 aromatic heterocycles. The van der Waals surface area contributed by atoms with Gasteiger partial charge in [-0.2, -0.15) is 0 Å². The van der Waals surface area contributed by atoms with Crippen LogP contribution in [-0.4, -0.2) is 44.1 Å². The first kappa shape index (κ1) is 22.4. The summed E-state index contributed by atoms with van der Waals surface area (Å²) in [4.78, 5) is 27.4. The van der Waals surface area contributed by atoms with Crippen LogP contribution < -0.4 is 20.1 Å². The molecule has 2 aromatic rings. The lowest BCUT2D eigenvalue weighted by Crippen LogP contribution is -2.52. The van der Waals surface area contributed by atoms with Crippen LogP contribution in [0.5, 0.6) is 11.5 Å². The second-order valence-electron chi connectivity index (χ2n) is 7.89. The van der Waals surface area contributed by atoms with E-state index < -0.39 is 5.41 Å². The lowest BCUT2D eigenvalue weighted by molar-refractivity contribution is -0.132. The Hall–Kier alpha value is -3.29. The molecule has 0 spiro atoms. The predicted molar refractivity (Wildman–Crippen MR) is 116 cm³/mol. The highest BCUT2D eigenvalue weighted by atomic mass is 19.1. The monoisotopic (exact) mass is 429 g/mol. The molecule has 1 aliphatic rings. The second kappa shape index (κ2) is 9.68. The summed E-state index contributed by atoms with van der Waals surface area (Å²) in [5.74, 6) is 0.669. The number of rotatable bonds is 6. The van der Waals surface area contributed by atoms with Gasteiger partial charge in [-0.05, 0) is 49.6 Å². The lowest BCUT2D eigenvalue weighted by atomic mass is 9.81. The average molecular weight is 429 g/mol. The van der Waals surface area contributed by atoms with Gasteiger partial charge >= 0.3 is 6.03 Å². The fraction of sp³-hybridized carbons (Fsp3) is 0.391. The Kier molecular flexibility index (Phi) is 6.99. The van der Waals surface area contributed by atoms with Crippen molar-refractivity contribution in [2.24, 2.45) is 5.41 Å². The summed E-state index contributed by atoms with van der Waals surface area (Å²) in [7, 11) is 3.08. The fourth-order valence-corrected chi connectivity index (χ4v) is 3.70. The van der Waals surface area contributed by atoms with Crippen LogP contribution in [0.25, 0.3) is 0 Å². The van der Waals surface area contributed by atoms with E-state index >= 15 is 0 Å². The molecule has 3 rings (SSSR count). The Morgan fingerprint density at radius 2 is 1.87 bits per heavy atom. The Balaban J connectivity index is 1.64. The summed E-state index contributed by atoms with van der Waals surface area (Å²) in [6.07, 6.45) is 1.39. The molecule has 7 nitrogen and oxygen atoms in total. The Bertz CT molecular complexity index is 935. The van der Waals surface area contributed by atoms with Crippen LogP contribution in [0.1, 0.15) is 25.3 Å². The van der Waals surface area contributed by atoms with Gasteiger partial charge in [0, 0.05) is 25.7 Å². The van der Waals surface area contributed by atoms with Crippen molar-refractivity contribution in [3.8, 4) is 11.5 Å².